The Balaban J connectivity index is 0.000000206. The molecule has 244 valence electrons. The lowest BCUT2D eigenvalue weighted by atomic mass is 10.1. The lowest BCUT2D eigenvalue weighted by Crippen LogP contribution is -2.55. The van der Waals surface area contributed by atoms with Gasteiger partial charge < -0.3 is 24.4 Å². The highest BCUT2D eigenvalue weighted by atomic mass is 19.1. The van der Waals surface area contributed by atoms with E-state index in [1.54, 1.807) is 17.3 Å². The molecule has 0 aromatic carbocycles. The topological polar surface area (TPSA) is 85.8 Å². The van der Waals surface area contributed by atoms with Gasteiger partial charge in [-0.25, -0.2) is 4.79 Å². The van der Waals surface area contributed by atoms with Crippen molar-refractivity contribution in [2.24, 2.45) is 11.8 Å². The van der Waals surface area contributed by atoms with Gasteiger partial charge in [-0.3, -0.25) is 18.7 Å². The molecule has 0 radical (unpaired) electrons. The van der Waals surface area contributed by atoms with E-state index in [0.717, 1.165) is 37.1 Å². The molecule has 2 aromatic heterocycles. The van der Waals surface area contributed by atoms with Crippen LogP contribution >= 0.6 is 0 Å². The molecule has 4 aliphatic rings. The van der Waals surface area contributed by atoms with Crippen LogP contribution in [-0.4, -0.2) is 78.3 Å². The molecule has 4 fully saturated rings. The summed E-state index contributed by atoms with van der Waals surface area (Å²) in [7, 11) is 0. The first-order chi connectivity index (χ1) is 20.7. The van der Waals surface area contributed by atoms with Gasteiger partial charge in [-0.1, -0.05) is 7.43 Å². The maximum Gasteiger partial charge on any atom is 0.410 e. The van der Waals surface area contributed by atoms with E-state index in [4.69, 9.17) is 14.2 Å². The van der Waals surface area contributed by atoms with Crippen LogP contribution in [0.25, 0.3) is 0 Å². The normalized spacial score (nSPS) is 26.5. The number of rotatable bonds is 12. The zero-order valence-electron chi connectivity index (χ0n) is 25.6. The van der Waals surface area contributed by atoms with Gasteiger partial charge in [0.25, 0.3) is 0 Å². The molecule has 0 spiro atoms. The predicted molar refractivity (Wildman–Crippen MR) is 167 cm³/mol. The van der Waals surface area contributed by atoms with Crippen molar-refractivity contribution >= 4 is 6.09 Å². The number of aromatic nitrogens is 2. The van der Waals surface area contributed by atoms with Gasteiger partial charge in [-0.05, 0) is 113 Å². The Labute approximate surface area is 261 Å². The van der Waals surface area contributed by atoms with Crippen LogP contribution in [0, 0.1) is 11.8 Å². The molecule has 0 bridgehead atoms. The highest BCUT2D eigenvalue weighted by Crippen LogP contribution is 2.50. The third-order valence-electron chi connectivity index (χ3n) is 8.72. The molecule has 8 nitrogen and oxygen atoms in total. The first-order valence-electron chi connectivity index (χ1n) is 15.7. The Kier molecular flexibility index (Phi) is 11.8. The molecule has 2 saturated heterocycles. The maximum absolute atomic E-state index is 12.4. The van der Waals surface area contributed by atoms with E-state index in [1.165, 1.54) is 12.0 Å². The number of hydrogen-bond acceptors (Lipinski definition) is 7. The summed E-state index contributed by atoms with van der Waals surface area (Å²) in [5, 5.41) is 3.30. The molecule has 44 heavy (non-hydrogen) atoms. The average Bonchev–Trinajstić information content (AvgIpc) is 3.84. The minimum absolute atomic E-state index is 0. The molecule has 4 heterocycles. The summed E-state index contributed by atoms with van der Waals surface area (Å²) in [5.74, 6) is 3.41. The van der Waals surface area contributed by atoms with E-state index in [9.17, 15) is 13.6 Å². The molecule has 2 aliphatic carbocycles. The molecular weight excluding hydrogens is 566 g/mol. The van der Waals surface area contributed by atoms with E-state index >= 15 is 0 Å². The second-order valence-corrected chi connectivity index (χ2v) is 13.2. The number of amides is 1. The molecular formula is C34H50F2N4O4. The number of alkyl halides is 2. The quantitative estimate of drug-likeness (QED) is 0.279. The minimum atomic E-state index is -0.489. The van der Waals surface area contributed by atoms with Crippen LogP contribution in [0.5, 0.6) is 11.5 Å². The number of nitrogens with zero attached hydrogens (tertiary/aromatic N) is 3. The molecule has 1 amide bonds. The minimum Gasteiger partial charge on any atom is -0.490 e. The van der Waals surface area contributed by atoms with E-state index in [0.29, 0.717) is 68.1 Å². The Bertz CT molecular complexity index is 1210. The zero-order valence-corrected chi connectivity index (χ0v) is 25.6. The third-order valence-corrected chi connectivity index (χ3v) is 8.72. The average molecular weight is 617 g/mol. The Hall–Kier alpha value is -3.01. The largest absolute Gasteiger partial charge is 0.490 e. The number of carbonyl (C=O) groups excluding carboxylic acids is 1. The van der Waals surface area contributed by atoms with Crippen LogP contribution in [0.3, 0.4) is 0 Å². The van der Waals surface area contributed by atoms with Crippen molar-refractivity contribution < 1.29 is 27.8 Å². The molecule has 1 N–H and O–H groups in total. The number of nitrogens with one attached hydrogen (secondary N) is 1. The molecule has 2 unspecified atom stereocenters. The Morgan fingerprint density at radius 2 is 1.45 bits per heavy atom. The number of hydrogen-bond donors (Lipinski definition) is 1. The van der Waals surface area contributed by atoms with Crippen molar-refractivity contribution in [3.8, 4) is 11.5 Å². The van der Waals surface area contributed by atoms with Crippen molar-refractivity contribution in [3.05, 3.63) is 48.0 Å². The summed E-state index contributed by atoms with van der Waals surface area (Å²) >= 11 is 0. The van der Waals surface area contributed by atoms with Crippen molar-refractivity contribution in [2.45, 2.75) is 96.2 Å². The molecule has 2 aliphatic heterocycles. The van der Waals surface area contributed by atoms with Gasteiger partial charge in [-0.15, -0.1) is 0 Å². The number of halogens is 2. The second kappa shape index (κ2) is 15.3. The van der Waals surface area contributed by atoms with Crippen molar-refractivity contribution in [3.63, 3.8) is 0 Å². The van der Waals surface area contributed by atoms with Crippen molar-refractivity contribution in [2.75, 3.05) is 39.7 Å². The first-order valence-corrected chi connectivity index (χ1v) is 15.7. The fraction of sp³-hybridized carbons (Fsp3) is 0.676. The summed E-state index contributed by atoms with van der Waals surface area (Å²) in [5.41, 5.74) is 1.83. The van der Waals surface area contributed by atoms with Gasteiger partial charge in [-0.2, -0.15) is 0 Å². The Morgan fingerprint density at radius 1 is 0.909 bits per heavy atom. The van der Waals surface area contributed by atoms with E-state index in [1.807, 2.05) is 39.2 Å². The molecule has 2 aromatic rings. The van der Waals surface area contributed by atoms with Gasteiger partial charge in [0.05, 0.1) is 31.8 Å². The summed E-state index contributed by atoms with van der Waals surface area (Å²) in [6.45, 7) is 8.07. The monoisotopic (exact) mass is 616 g/mol. The lowest BCUT2D eigenvalue weighted by Gasteiger charge is -2.40. The van der Waals surface area contributed by atoms with Crippen LogP contribution < -0.4 is 14.8 Å². The smallest absolute Gasteiger partial charge is 0.410 e. The fourth-order valence-corrected chi connectivity index (χ4v) is 5.72. The summed E-state index contributed by atoms with van der Waals surface area (Å²) in [4.78, 5) is 22.3. The standard InChI is InChI=1S/C19H27FN2O3.C14H19FN2O.CH4/c1-19(2,3)25-18(23)22-7-5-15(22)12-24-16-8-14(10-21-11-16)17-9-13(17)4-6-20;15-3-1-10-6-14(10)11-5-13(8-16-7-11)18-9-12-2-4-17-12;/h8,10-11,13,15,17H,4-7,9,12H2,1-3H3;5,7-8,10,12,14,17H,1-4,6,9H2;1H4/t13-,15+,17?;10-,12+,14?;/m11./s1. The van der Waals surface area contributed by atoms with Gasteiger partial charge >= 0.3 is 6.09 Å². The summed E-state index contributed by atoms with van der Waals surface area (Å²) in [6.07, 6.45) is 12.4. The summed E-state index contributed by atoms with van der Waals surface area (Å²) < 4.78 is 41.7. The molecule has 2 saturated carbocycles. The van der Waals surface area contributed by atoms with Crippen LogP contribution in [0.2, 0.25) is 0 Å². The molecule has 6 rings (SSSR count). The van der Waals surface area contributed by atoms with Crippen LogP contribution in [0.1, 0.15) is 89.7 Å². The van der Waals surface area contributed by atoms with Crippen LogP contribution in [0.15, 0.2) is 36.9 Å². The summed E-state index contributed by atoms with van der Waals surface area (Å²) in [6, 6.07) is 4.59. The third kappa shape index (κ3) is 9.49. The van der Waals surface area contributed by atoms with Crippen molar-refractivity contribution in [1.82, 2.24) is 20.2 Å². The lowest BCUT2D eigenvalue weighted by molar-refractivity contribution is -0.0141. The van der Waals surface area contributed by atoms with Crippen molar-refractivity contribution in [1.29, 1.82) is 0 Å². The zero-order chi connectivity index (χ0) is 30.4. The maximum atomic E-state index is 12.4. The van der Waals surface area contributed by atoms with E-state index in [-0.39, 0.29) is 32.9 Å². The number of likely N-dealkylation sites (tertiary alicyclic amines) is 1. The molecule has 10 heteroatoms. The highest BCUT2D eigenvalue weighted by Gasteiger charge is 2.39. The SMILES string of the molecule is C.CC(C)(C)OC(=O)N1CC[C@H]1COc1cncc(C2C[C@H]2CCF)c1.FCC[C@@H]1CC1c1cncc(OC[C@@H]2CCN2)c1. The van der Waals surface area contributed by atoms with Crippen LogP contribution in [-0.2, 0) is 4.74 Å². The van der Waals surface area contributed by atoms with Crippen LogP contribution in [0.4, 0.5) is 13.6 Å². The molecule has 6 atom stereocenters. The van der Waals surface area contributed by atoms with Gasteiger partial charge in [0.15, 0.2) is 0 Å². The first kappa shape index (κ1) is 33.9. The van der Waals surface area contributed by atoms with E-state index < -0.39 is 5.60 Å². The van der Waals surface area contributed by atoms with Gasteiger partial charge in [0, 0.05) is 25.0 Å². The number of carbonyl (C=O) groups is 1. The van der Waals surface area contributed by atoms with Gasteiger partial charge in [0.1, 0.15) is 30.3 Å². The second-order valence-electron chi connectivity index (χ2n) is 13.2. The predicted octanol–water partition coefficient (Wildman–Crippen LogP) is 6.85. The van der Waals surface area contributed by atoms with E-state index in [2.05, 4.69) is 21.4 Å². The van der Waals surface area contributed by atoms with Gasteiger partial charge in [0.2, 0.25) is 0 Å². The number of ether oxygens (including phenoxy) is 3. The Morgan fingerprint density at radius 3 is 1.89 bits per heavy atom. The highest BCUT2D eigenvalue weighted by molar-refractivity contribution is 5.69. The fourth-order valence-electron chi connectivity index (χ4n) is 5.72. The number of pyridine rings is 2.